The summed E-state index contributed by atoms with van der Waals surface area (Å²) < 4.78 is 17.1. The Bertz CT molecular complexity index is 921. The van der Waals surface area contributed by atoms with E-state index in [4.69, 9.17) is 14.2 Å². The first-order valence-corrected chi connectivity index (χ1v) is 10.9. The number of fused-ring (bicyclic) bond motifs is 1. The molecule has 2 aliphatic rings. The van der Waals surface area contributed by atoms with Crippen LogP contribution in [-0.4, -0.2) is 56.9 Å². The lowest BCUT2D eigenvalue weighted by molar-refractivity contribution is -0.117. The largest absolute Gasteiger partial charge is 0.492 e. The van der Waals surface area contributed by atoms with E-state index in [1.54, 1.807) is 0 Å². The van der Waals surface area contributed by atoms with Crippen LogP contribution >= 0.6 is 0 Å². The molecule has 1 fully saturated rings. The lowest BCUT2D eigenvalue weighted by Gasteiger charge is -2.31. The third-order valence-corrected chi connectivity index (χ3v) is 5.80. The third kappa shape index (κ3) is 5.87. The second-order valence-electron chi connectivity index (χ2n) is 8.00. The van der Waals surface area contributed by atoms with E-state index < -0.39 is 0 Å². The highest BCUT2D eigenvalue weighted by atomic mass is 16.5. The van der Waals surface area contributed by atoms with Crippen molar-refractivity contribution in [3.63, 3.8) is 0 Å². The fourth-order valence-electron chi connectivity index (χ4n) is 3.90. The van der Waals surface area contributed by atoms with Gasteiger partial charge in [-0.15, -0.1) is 0 Å². The average molecular weight is 423 g/mol. The number of rotatable bonds is 8. The monoisotopic (exact) mass is 422 g/mol. The zero-order chi connectivity index (χ0) is 21.5. The number of hydrogen-bond acceptors (Lipinski definition) is 5. The predicted molar refractivity (Wildman–Crippen MR) is 120 cm³/mol. The topological polar surface area (TPSA) is 60.0 Å². The number of amides is 1. The Morgan fingerprint density at radius 2 is 2.00 bits per heavy atom. The van der Waals surface area contributed by atoms with Crippen LogP contribution < -0.4 is 14.8 Å². The SMILES string of the molecule is CN(CCOc1cccc(CNC(=O)C2=Cc3ccccc3OC2)c1)C1CCOCC1. The van der Waals surface area contributed by atoms with E-state index in [9.17, 15) is 4.79 Å². The fraction of sp³-hybridized carbons (Fsp3) is 0.400. The molecule has 0 spiro atoms. The lowest BCUT2D eigenvalue weighted by atomic mass is 10.1. The van der Waals surface area contributed by atoms with Gasteiger partial charge in [0.25, 0.3) is 5.91 Å². The van der Waals surface area contributed by atoms with Crippen molar-refractivity contribution in [2.24, 2.45) is 0 Å². The Morgan fingerprint density at radius 3 is 2.87 bits per heavy atom. The lowest BCUT2D eigenvalue weighted by Crippen LogP contribution is -2.38. The van der Waals surface area contributed by atoms with Gasteiger partial charge in [-0.3, -0.25) is 9.69 Å². The second kappa shape index (κ2) is 10.5. The summed E-state index contributed by atoms with van der Waals surface area (Å²) in [5.41, 5.74) is 2.56. The highest BCUT2D eigenvalue weighted by Gasteiger charge is 2.18. The van der Waals surface area contributed by atoms with E-state index >= 15 is 0 Å². The maximum atomic E-state index is 12.6. The first-order chi connectivity index (χ1) is 15.2. The van der Waals surface area contributed by atoms with Crippen molar-refractivity contribution in [3.05, 3.63) is 65.2 Å². The third-order valence-electron chi connectivity index (χ3n) is 5.80. The van der Waals surface area contributed by atoms with E-state index in [2.05, 4.69) is 17.3 Å². The van der Waals surface area contributed by atoms with E-state index in [0.717, 1.165) is 55.2 Å². The molecule has 4 rings (SSSR count). The van der Waals surface area contributed by atoms with Gasteiger partial charge in [-0.1, -0.05) is 30.3 Å². The van der Waals surface area contributed by atoms with E-state index in [0.29, 0.717) is 24.8 Å². The van der Waals surface area contributed by atoms with E-state index in [1.165, 1.54) is 0 Å². The summed E-state index contributed by atoms with van der Waals surface area (Å²) in [4.78, 5) is 14.9. The summed E-state index contributed by atoms with van der Waals surface area (Å²) >= 11 is 0. The van der Waals surface area contributed by atoms with Crippen LogP contribution in [0.5, 0.6) is 11.5 Å². The molecule has 164 valence electrons. The number of ether oxygens (including phenoxy) is 3. The Labute approximate surface area is 183 Å². The summed E-state index contributed by atoms with van der Waals surface area (Å²) in [6.45, 7) is 3.93. The van der Waals surface area contributed by atoms with Crippen LogP contribution in [0.1, 0.15) is 24.0 Å². The molecular weight excluding hydrogens is 392 g/mol. The predicted octanol–water partition coefficient (Wildman–Crippen LogP) is 3.27. The summed E-state index contributed by atoms with van der Waals surface area (Å²) in [5, 5.41) is 2.98. The molecule has 31 heavy (non-hydrogen) atoms. The van der Waals surface area contributed by atoms with Crippen molar-refractivity contribution < 1.29 is 19.0 Å². The number of nitrogens with one attached hydrogen (secondary N) is 1. The molecule has 0 saturated carbocycles. The highest BCUT2D eigenvalue weighted by Crippen LogP contribution is 2.25. The smallest absolute Gasteiger partial charge is 0.250 e. The minimum atomic E-state index is -0.112. The minimum absolute atomic E-state index is 0.112. The summed E-state index contributed by atoms with van der Waals surface area (Å²) in [7, 11) is 2.15. The summed E-state index contributed by atoms with van der Waals surface area (Å²) in [6.07, 6.45) is 4.06. The summed E-state index contributed by atoms with van der Waals surface area (Å²) in [6, 6.07) is 16.2. The first kappa shape index (κ1) is 21.4. The van der Waals surface area contributed by atoms with Gasteiger partial charge in [-0.05, 0) is 49.7 Å². The fourth-order valence-corrected chi connectivity index (χ4v) is 3.90. The van der Waals surface area contributed by atoms with Crippen molar-refractivity contribution in [2.75, 3.05) is 40.0 Å². The zero-order valence-corrected chi connectivity index (χ0v) is 18.0. The maximum absolute atomic E-state index is 12.6. The Morgan fingerprint density at radius 1 is 1.16 bits per heavy atom. The van der Waals surface area contributed by atoms with E-state index in [1.807, 2.05) is 54.6 Å². The maximum Gasteiger partial charge on any atom is 0.250 e. The van der Waals surface area contributed by atoms with Crippen LogP contribution in [0.15, 0.2) is 54.1 Å². The minimum Gasteiger partial charge on any atom is -0.492 e. The molecule has 2 aliphatic heterocycles. The van der Waals surface area contributed by atoms with Gasteiger partial charge in [0.1, 0.15) is 24.7 Å². The quantitative estimate of drug-likeness (QED) is 0.708. The van der Waals surface area contributed by atoms with Gasteiger partial charge in [0.15, 0.2) is 0 Å². The van der Waals surface area contributed by atoms with Crippen LogP contribution in [0, 0.1) is 0 Å². The number of para-hydroxylation sites is 1. The Kier molecular flexibility index (Phi) is 7.22. The molecule has 0 aromatic heterocycles. The molecule has 0 bridgehead atoms. The van der Waals surface area contributed by atoms with Gasteiger partial charge in [0, 0.05) is 37.9 Å². The molecule has 1 saturated heterocycles. The van der Waals surface area contributed by atoms with Crippen LogP contribution in [0.25, 0.3) is 6.08 Å². The number of hydrogen-bond donors (Lipinski definition) is 1. The molecule has 6 nitrogen and oxygen atoms in total. The molecular formula is C25H30N2O4. The Balaban J connectivity index is 1.25. The van der Waals surface area contributed by atoms with Gasteiger partial charge in [-0.2, -0.15) is 0 Å². The number of nitrogens with zero attached hydrogens (tertiary/aromatic N) is 1. The van der Waals surface area contributed by atoms with Gasteiger partial charge in [0.2, 0.25) is 0 Å². The average Bonchev–Trinajstić information content (AvgIpc) is 2.83. The standard InChI is InChI=1S/C25H30N2O4/c1-27(22-9-12-29-13-10-22)11-14-30-23-7-4-5-19(15-23)17-26-25(28)21-16-20-6-2-3-8-24(20)31-18-21/h2-8,15-16,22H,9-14,17-18H2,1H3,(H,26,28). The normalized spacial score (nSPS) is 16.3. The van der Waals surface area contributed by atoms with Crippen molar-refractivity contribution in [2.45, 2.75) is 25.4 Å². The van der Waals surface area contributed by atoms with E-state index in [-0.39, 0.29) is 12.5 Å². The van der Waals surface area contributed by atoms with Crippen molar-refractivity contribution in [3.8, 4) is 11.5 Å². The number of carbonyl (C=O) groups excluding carboxylic acids is 1. The van der Waals surface area contributed by atoms with Crippen LogP contribution in [0.2, 0.25) is 0 Å². The number of likely N-dealkylation sites (N-methyl/N-ethyl adjacent to an activating group) is 1. The molecule has 2 aromatic rings. The molecule has 0 aliphatic carbocycles. The molecule has 6 heteroatoms. The van der Waals surface area contributed by atoms with Crippen molar-refractivity contribution in [1.29, 1.82) is 0 Å². The van der Waals surface area contributed by atoms with Crippen LogP contribution in [0.4, 0.5) is 0 Å². The Hall–Kier alpha value is -2.83. The van der Waals surface area contributed by atoms with Gasteiger partial charge in [-0.25, -0.2) is 0 Å². The van der Waals surface area contributed by atoms with Crippen LogP contribution in [0.3, 0.4) is 0 Å². The molecule has 2 aromatic carbocycles. The molecule has 1 amide bonds. The van der Waals surface area contributed by atoms with Crippen molar-refractivity contribution in [1.82, 2.24) is 10.2 Å². The van der Waals surface area contributed by atoms with Gasteiger partial charge in [0.05, 0.1) is 5.57 Å². The molecule has 0 radical (unpaired) electrons. The first-order valence-electron chi connectivity index (χ1n) is 10.9. The molecule has 1 N–H and O–H groups in total. The second-order valence-corrected chi connectivity index (χ2v) is 8.00. The van der Waals surface area contributed by atoms with Crippen LogP contribution in [-0.2, 0) is 16.1 Å². The zero-order valence-electron chi connectivity index (χ0n) is 18.0. The molecule has 0 unspecified atom stereocenters. The van der Waals surface area contributed by atoms with Gasteiger partial charge < -0.3 is 19.5 Å². The number of benzene rings is 2. The molecule has 0 atom stereocenters. The molecule has 2 heterocycles. The van der Waals surface area contributed by atoms with Crippen molar-refractivity contribution >= 4 is 12.0 Å². The summed E-state index contributed by atoms with van der Waals surface area (Å²) in [5.74, 6) is 1.52. The van der Waals surface area contributed by atoms with Gasteiger partial charge >= 0.3 is 0 Å². The number of carbonyl (C=O) groups is 1. The highest BCUT2D eigenvalue weighted by molar-refractivity contribution is 5.99.